The molecule has 3 nitrogen and oxygen atoms in total. The zero-order valence-electron chi connectivity index (χ0n) is 10.1. The van der Waals surface area contributed by atoms with Gasteiger partial charge in [-0.2, -0.15) is 0 Å². The summed E-state index contributed by atoms with van der Waals surface area (Å²) >= 11 is 1.67. The quantitative estimate of drug-likeness (QED) is 0.817. The summed E-state index contributed by atoms with van der Waals surface area (Å²) < 4.78 is 0. The van der Waals surface area contributed by atoms with E-state index < -0.39 is 0 Å². The number of anilines is 1. The Labute approximate surface area is 102 Å². The van der Waals surface area contributed by atoms with Crippen LogP contribution in [0.5, 0.6) is 0 Å². The van der Waals surface area contributed by atoms with Gasteiger partial charge in [0.25, 0.3) is 0 Å². The maximum atomic E-state index is 4.36. The first kappa shape index (κ1) is 11.7. The molecule has 0 amide bonds. The normalized spacial score (nSPS) is 25.9. The Balaban J connectivity index is 1.94. The van der Waals surface area contributed by atoms with Crippen LogP contribution in [0.15, 0.2) is 23.4 Å². The fourth-order valence-corrected chi connectivity index (χ4v) is 2.48. The first-order chi connectivity index (χ1) is 7.69. The van der Waals surface area contributed by atoms with Crippen molar-refractivity contribution in [2.24, 2.45) is 0 Å². The fourth-order valence-electron chi connectivity index (χ4n) is 2.12. The molecule has 4 heteroatoms. The number of nitrogens with one attached hydrogen (secondary N) is 1. The predicted molar refractivity (Wildman–Crippen MR) is 70.1 cm³/mol. The van der Waals surface area contributed by atoms with E-state index in [0.717, 1.165) is 17.3 Å². The molecular weight excluding hydrogens is 218 g/mol. The zero-order valence-corrected chi connectivity index (χ0v) is 10.9. The van der Waals surface area contributed by atoms with Crippen LogP contribution in [0.2, 0.25) is 0 Å². The van der Waals surface area contributed by atoms with Crippen LogP contribution in [0.3, 0.4) is 0 Å². The first-order valence-corrected chi connectivity index (χ1v) is 6.88. The molecule has 1 saturated heterocycles. The zero-order chi connectivity index (χ0) is 11.5. The van der Waals surface area contributed by atoms with Gasteiger partial charge < -0.3 is 10.2 Å². The molecule has 2 rings (SSSR count). The van der Waals surface area contributed by atoms with Crippen molar-refractivity contribution in [3.05, 3.63) is 18.3 Å². The molecule has 0 bridgehead atoms. The van der Waals surface area contributed by atoms with Gasteiger partial charge in [-0.15, -0.1) is 11.8 Å². The topological polar surface area (TPSA) is 28.2 Å². The van der Waals surface area contributed by atoms with E-state index in [1.54, 1.807) is 11.8 Å². The Morgan fingerprint density at radius 1 is 1.50 bits per heavy atom. The van der Waals surface area contributed by atoms with Crippen molar-refractivity contribution in [2.45, 2.75) is 30.5 Å². The van der Waals surface area contributed by atoms with E-state index in [4.69, 9.17) is 0 Å². The highest BCUT2D eigenvalue weighted by molar-refractivity contribution is 7.98. The molecule has 1 aromatic heterocycles. The summed E-state index contributed by atoms with van der Waals surface area (Å²) in [4.78, 5) is 6.75. The first-order valence-electron chi connectivity index (χ1n) is 5.66. The van der Waals surface area contributed by atoms with Gasteiger partial charge in [-0.3, -0.25) is 0 Å². The lowest BCUT2D eigenvalue weighted by molar-refractivity contribution is 0.330. The highest BCUT2D eigenvalue weighted by Gasteiger charge is 2.25. The number of likely N-dealkylation sites (tertiary alicyclic amines) is 1. The van der Waals surface area contributed by atoms with Gasteiger partial charge in [-0.25, -0.2) is 4.98 Å². The van der Waals surface area contributed by atoms with Crippen LogP contribution >= 0.6 is 11.8 Å². The van der Waals surface area contributed by atoms with Gasteiger partial charge >= 0.3 is 0 Å². The Morgan fingerprint density at radius 3 is 2.81 bits per heavy atom. The lowest BCUT2D eigenvalue weighted by Crippen LogP contribution is -2.24. The van der Waals surface area contributed by atoms with Crippen LogP contribution in [0, 0.1) is 0 Å². The summed E-state index contributed by atoms with van der Waals surface area (Å²) in [6.07, 6.45) is 5.18. The van der Waals surface area contributed by atoms with Gasteiger partial charge in [0, 0.05) is 18.6 Å². The second-order valence-electron chi connectivity index (χ2n) is 4.45. The number of hydrogen-bond acceptors (Lipinski definition) is 4. The number of likely N-dealkylation sites (N-methyl/N-ethyl adjacent to an activating group) is 1. The van der Waals surface area contributed by atoms with Crippen molar-refractivity contribution in [1.29, 1.82) is 0 Å². The van der Waals surface area contributed by atoms with Crippen molar-refractivity contribution in [3.8, 4) is 0 Å². The summed E-state index contributed by atoms with van der Waals surface area (Å²) in [5, 5.41) is 4.61. The molecule has 0 aromatic carbocycles. The van der Waals surface area contributed by atoms with E-state index in [9.17, 15) is 0 Å². The highest BCUT2D eigenvalue weighted by Crippen LogP contribution is 2.20. The van der Waals surface area contributed by atoms with Gasteiger partial charge in [0.15, 0.2) is 0 Å². The van der Waals surface area contributed by atoms with Gasteiger partial charge in [0.05, 0.1) is 16.9 Å². The van der Waals surface area contributed by atoms with Gasteiger partial charge in [0.2, 0.25) is 0 Å². The lowest BCUT2D eigenvalue weighted by Gasteiger charge is -2.14. The third kappa shape index (κ3) is 2.68. The smallest absolute Gasteiger partial charge is 0.0958 e. The lowest BCUT2D eigenvalue weighted by atomic mass is 10.2. The third-order valence-electron chi connectivity index (χ3n) is 3.20. The number of aromatic nitrogens is 1. The molecule has 2 heterocycles. The molecule has 1 fully saturated rings. The van der Waals surface area contributed by atoms with Crippen molar-refractivity contribution in [3.63, 3.8) is 0 Å². The Morgan fingerprint density at radius 2 is 2.31 bits per heavy atom. The molecule has 0 spiro atoms. The summed E-state index contributed by atoms with van der Waals surface area (Å²) in [5.74, 6) is 0. The number of nitrogens with zero attached hydrogens (tertiary/aromatic N) is 2. The largest absolute Gasteiger partial charge is 0.380 e. The number of hydrogen-bond donors (Lipinski definition) is 1. The summed E-state index contributed by atoms with van der Waals surface area (Å²) in [5.41, 5.74) is 1.13. The standard InChI is InChI=1S/C12H19N3S/c1-9-6-11(8-15(9)2)14-10-4-5-12(16-3)13-7-10/h4-5,7,9,11,14H,6,8H2,1-3H3. The second-order valence-corrected chi connectivity index (χ2v) is 5.28. The maximum Gasteiger partial charge on any atom is 0.0958 e. The Hall–Kier alpha value is -0.740. The number of pyridine rings is 1. The molecule has 1 aliphatic rings. The van der Waals surface area contributed by atoms with Crippen LogP contribution in [-0.2, 0) is 0 Å². The molecule has 1 aromatic rings. The van der Waals surface area contributed by atoms with E-state index in [1.807, 2.05) is 12.5 Å². The third-order valence-corrected chi connectivity index (χ3v) is 3.86. The molecule has 1 N–H and O–H groups in total. The molecule has 0 radical (unpaired) electrons. The SMILES string of the molecule is CSc1ccc(NC2CC(C)N(C)C2)cn1. The van der Waals surface area contributed by atoms with E-state index in [-0.39, 0.29) is 0 Å². The van der Waals surface area contributed by atoms with Gasteiger partial charge in [-0.05, 0) is 38.8 Å². The number of rotatable bonds is 3. The summed E-state index contributed by atoms with van der Waals surface area (Å²) in [7, 11) is 2.18. The summed E-state index contributed by atoms with van der Waals surface area (Å²) in [6, 6.07) is 5.41. The van der Waals surface area contributed by atoms with Crippen LogP contribution in [0.25, 0.3) is 0 Å². The van der Waals surface area contributed by atoms with Crippen LogP contribution in [-0.4, -0.2) is 41.8 Å². The molecule has 0 saturated carbocycles. The van der Waals surface area contributed by atoms with E-state index >= 15 is 0 Å². The van der Waals surface area contributed by atoms with E-state index in [0.29, 0.717) is 12.1 Å². The van der Waals surface area contributed by atoms with Crippen molar-refractivity contribution < 1.29 is 0 Å². The van der Waals surface area contributed by atoms with Gasteiger partial charge in [0.1, 0.15) is 0 Å². The maximum absolute atomic E-state index is 4.36. The summed E-state index contributed by atoms with van der Waals surface area (Å²) in [6.45, 7) is 3.39. The highest BCUT2D eigenvalue weighted by atomic mass is 32.2. The minimum atomic E-state index is 0.557. The monoisotopic (exact) mass is 237 g/mol. The van der Waals surface area contributed by atoms with Crippen molar-refractivity contribution in [2.75, 3.05) is 25.2 Å². The van der Waals surface area contributed by atoms with Gasteiger partial charge in [-0.1, -0.05) is 0 Å². The molecule has 2 unspecified atom stereocenters. The van der Waals surface area contributed by atoms with E-state index in [2.05, 4.69) is 41.3 Å². The molecule has 88 valence electrons. The van der Waals surface area contributed by atoms with Crippen LogP contribution in [0.4, 0.5) is 5.69 Å². The Kier molecular flexibility index (Phi) is 3.71. The average Bonchev–Trinajstić information content (AvgIpc) is 2.59. The second kappa shape index (κ2) is 5.06. The predicted octanol–water partition coefficient (Wildman–Crippen LogP) is 2.31. The fraction of sp³-hybridized carbons (Fsp3) is 0.583. The van der Waals surface area contributed by atoms with Crippen LogP contribution in [0.1, 0.15) is 13.3 Å². The number of thioether (sulfide) groups is 1. The Bertz CT molecular complexity index is 329. The molecule has 2 atom stereocenters. The molecule has 0 aliphatic carbocycles. The molecule has 1 aliphatic heterocycles. The average molecular weight is 237 g/mol. The minimum Gasteiger partial charge on any atom is -0.380 e. The van der Waals surface area contributed by atoms with Crippen molar-refractivity contribution in [1.82, 2.24) is 9.88 Å². The molecule has 16 heavy (non-hydrogen) atoms. The van der Waals surface area contributed by atoms with Crippen molar-refractivity contribution >= 4 is 17.4 Å². The van der Waals surface area contributed by atoms with Crippen LogP contribution < -0.4 is 5.32 Å². The molecular formula is C12H19N3S. The minimum absolute atomic E-state index is 0.557. The van der Waals surface area contributed by atoms with E-state index in [1.165, 1.54) is 6.42 Å².